The molecule has 0 unspecified atom stereocenters. The van der Waals surface area contributed by atoms with Crippen molar-refractivity contribution >= 4 is 51.0 Å². The molecule has 3 rings (SSSR count). The first kappa shape index (κ1) is 18.9. The Hall–Kier alpha value is -1.85. The first-order valence-electron chi connectivity index (χ1n) is 8.91. The zero-order valence-electron chi connectivity index (χ0n) is 14.7. The van der Waals surface area contributed by atoms with Gasteiger partial charge in [0.05, 0.1) is 5.02 Å². The lowest BCUT2D eigenvalue weighted by molar-refractivity contribution is -0.150. The van der Waals surface area contributed by atoms with E-state index in [4.69, 9.17) is 16.3 Å². The fourth-order valence-electron chi connectivity index (χ4n) is 3.30. The summed E-state index contributed by atoms with van der Waals surface area (Å²) in [6.45, 7) is 2.63. The predicted molar refractivity (Wildman–Crippen MR) is 106 cm³/mol. The second-order valence-corrected chi connectivity index (χ2v) is 7.82. The van der Waals surface area contributed by atoms with Crippen LogP contribution in [0.4, 0.5) is 0 Å². The number of carbonyl (C=O) groups is 2. The average molecular weight is 392 g/mol. The number of carbonyl (C=O) groups excluding carboxylic acids is 2. The molecule has 1 atom stereocenters. The number of likely N-dealkylation sites (tertiary alicyclic amines) is 1. The van der Waals surface area contributed by atoms with Gasteiger partial charge in [0, 0.05) is 33.6 Å². The lowest BCUT2D eigenvalue weighted by atomic mass is 10.00. The van der Waals surface area contributed by atoms with Crippen molar-refractivity contribution in [3.63, 3.8) is 0 Å². The summed E-state index contributed by atoms with van der Waals surface area (Å²) in [6, 6.07) is 8.09. The number of hydrogen-bond donors (Lipinski definition) is 0. The molecular formula is C20H22ClNO3S. The van der Waals surface area contributed by atoms with Crippen molar-refractivity contribution in [3.05, 3.63) is 40.2 Å². The van der Waals surface area contributed by atoms with Crippen LogP contribution in [-0.4, -0.2) is 36.0 Å². The Balaban J connectivity index is 1.57. The van der Waals surface area contributed by atoms with E-state index in [1.165, 1.54) is 17.4 Å². The van der Waals surface area contributed by atoms with Crippen LogP contribution in [0.15, 0.2) is 30.3 Å². The molecule has 1 aliphatic heterocycles. The van der Waals surface area contributed by atoms with Gasteiger partial charge >= 0.3 is 5.97 Å². The zero-order chi connectivity index (χ0) is 18.5. The van der Waals surface area contributed by atoms with Gasteiger partial charge in [-0.2, -0.15) is 0 Å². The van der Waals surface area contributed by atoms with Crippen molar-refractivity contribution in [2.24, 2.45) is 0 Å². The van der Waals surface area contributed by atoms with Crippen LogP contribution in [-0.2, 0) is 14.3 Å². The number of nitrogens with zero attached hydrogens (tertiary/aromatic N) is 1. The minimum absolute atomic E-state index is 0.113. The number of ether oxygens (including phenoxy) is 1. The van der Waals surface area contributed by atoms with Gasteiger partial charge in [-0.25, -0.2) is 4.79 Å². The van der Waals surface area contributed by atoms with E-state index in [0.29, 0.717) is 5.02 Å². The monoisotopic (exact) mass is 391 g/mol. The molecule has 1 aliphatic rings. The molecule has 0 N–H and O–H groups in total. The summed E-state index contributed by atoms with van der Waals surface area (Å²) in [7, 11) is 0. The van der Waals surface area contributed by atoms with E-state index in [1.54, 1.807) is 6.08 Å². The Morgan fingerprint density at radius 2 is 2.15 bits per heavy atom. The van der Waals surface area contributed by atoms with Crippen molar-refractivity contribution < 1.29 is 14.3 Å². The van der Waals surface area contributed by atoms with Gasteiger partial charge in [0.1, 0.15) is 0 Å². The van der Waals surface area contributed by atoms with Crippen LogP contribution in [0.25, 0.3) is 16.2 Å². The molecule has 2 aromatic rings. The number of benzene rings is 1. The molecular weight excluding hydrogens is 370 g/mol. The normalized spacial score (nSPS) is 17.8. The third-order valence-corrected chi connectivity index (χ3v) is 6.34. The molecule has 1 amide bonds. The number of thiophene rings is 1. The molecule has 4 nitrogen and oxygen atoms in total. The van der Waals surface area contributed by atoms with Gasteiger partial charge in [-0.05, 0) is 37.8 Å². The van der Waals surface area contributed by atoms with Crippen LogP contribution in [0.2, 0.25) is 5.02 Å². The number of piperidine rings is 1. The molecule has 1 aromatic carbocycles. The Morgan fingerprint density at radius 3 is 2.92 bits per heavy atom. The average Bonchev–Trinajstić information content (AvgIpc) is 3.00. The van der Waals surface area contributed by atoms with Crippen molar-refractivity contribution in [2.75, 3.05) is 13.2 Å². The predicted octanol–water partition coefficient (Wildman–Crippen LogP) is 4.90. The number of rotatable bonds is 5. The Bertz CT molecular complexity index is 830. The quantitative estimate of drug-likeness (QED) is 0.537. The van der Waals surface area contributed by atoms with Crippen LogP contribution in [0.5, 0.6) is 0 Å². The van der Waals surface area contributed by atoms with Crippen LogP contribution in [0.3, 0.4) is 0 Å². The second-order valence-electron chi connectivity index (χ2n) is 6.36. The largest absolute Gasteiger partial charge is 0.452 e. The summed E-state index contributed by atoms with van der Waals surface area (Å²) < 4.78 is 6.20. The fourth-order valence-corrected chi connectivity index (χ4v) is 4.70. The molecule has 6 heteroatoms. The summed E-state index contributed by atoms with van der Waals surface area (Å²) in [4.78, 5) is 26.9. The number of esters is 1. The minimum atomic E-state index is -0.531. The number of hydrogen-bond acceptors (Lipinski definition) is 4. The third kappa shape index (κ3) is 4.27. The Labute approximate surface area is 162 Å². The molecule has 0 aliphatic carbocycles. The van der Waals surface area contributed by atoms with Crippen molar-refractivity contribution in [3.8, 4) is 0 Å². The maximum atomic E-state index is 12.3. The molecule has 0 radical (unpaired) electrons. The lowest BCUT2D eigenvalue weighted by Crippen LogP contribution is -2.45. The highest BCUT2D eigenvalue weighted by atomic mass is 35.5. The van der Waals surface area contributed by atoms with E-state index < -0.39 is 5.97 Å². The molecule has 2 heterocycles. The molecule has 1 saturated heterocycles. The molecule has 1 fully saturated rings. The molecule has 0 saturated carbocycles. The van der Waals surface area contributed by atoms with Crippen molar-refractivity contribution in [2.45, 2.75) is 38.6 Å². The summed E-state index contributed by atoms with van der Waals surface area (Å²) >= 11 is 7.86. The Kier molecular flexibility index (Phi) is 6.33. The minimum Gasteiger partial charge on any atom is -0.452 e. The first-order chi connectivity index (χ1) is 12.6. The van der Waals surface area contributed by atoms with Gasteiger partial charge in [-0.1, -0.05) is 36.7 Å². The molecule has 138 valence electrons. The van der Waals surface area contributed by atoms with E-state index in [0.717, 1.165) is 47.2 Å². The summed E-state index contributed by atoms with van der Waals surface area (Å²) in [5, 5.41) is 1.60. The standard InChI is InChI=1S/C20H22ClNO3S/c1-2-14-7-5-6-12-22(14)18(23)13-25-19(24)11-10-17-20(21)15-8-3-4-9-16(15)26-17/h3-4,8-11,14H,2,5-7,12-13H2,1H3/b11-10+/t14-/m1/s1. The zero-order valence-corrected chi connectivity index (χ0v) is 16.3. The molecule has 0 spiro atoms. The number of amides is 1. The highest BCUT2D eigenvalue weighted by molar-refractivity contribution is 7.20. The first-order valence-corrected chi connectivity index (χ1v) is 10.1. The van der Waals surface area contributed by atoms with E-state index in [2.05, 4.69) is 6.92 Å². The highest BCUT2D eigenvalue weighted by Crippen LogP contribution is 2.35. The number of halogens is 1. The third-order valence-electron chi connectivity index (χ3n) is 4.69. The van der Waals surface area contributed by atoms with E-state index in [9.17, 15) is 9.59 Å². The second kappa shape index (κ2) is 8.69. The molecule has 0 bridgehead atoms. The number of fused-ring (bicyclic) bond motifs is 1. The highest BCUT2D eigenvalue weighted by Gasteiger charge is 2.25. The van der Waals surface area contributed by atoms with E-state index in [-0.39, 0.29) is 18.6 Å². The van der Waals surface area contributed by atoms with E-state index in [1.807, 2.05) is 29.2 Å². The van der Waals surface area contributed by atoms with Gasteiger partial charge in [0.25, 0.3) is 5.91 Å². The van der Waals surface area contributed by atoms with Gasteiger partial charge in [0.2, 0.25) is 0 Å². The SMILES string of the molecule is CC[C@@H]1CCCCN1C(=O)COC(=O)/C=C/c1sc2ccccc2c1Cl. The Morgan fingerprint density at radius 1 is 1.35 bits per heavy atom. The topological polar surface area (TPSA) is 46.6 Å². The fraction of sp³-hybridized carbons (Fsp3) is 0.400. The molecule has 1 aromatic heterocycles. The lowest BCUT2D eigenvalue weighted by Gasteiger charge is -2.35. The smallest absolute Gasteiger partial charge is 0.331 e. The van der Waals surface area contributed by atoms with Gasteiger partial charge in [-0.15, -0.1) is 11.3 Å². The van der Waals surface area contributed by atoms with Crippen molar-refractivity contribution in [1.29, 1.82) is 0 Å². The van der Waals surface area contributed by atoms with Crippen LogP contribution < -0.4 is 0 Å². The van der Waals surface area contributed by atoms with Crippen LogP contribution in [0, 0.1) is 0 Å². The van der Waals surface area contributed by atoms with E-state index >= 15 is 0 Å². The van der Waals surface area contributed by atoms with Crippen molar-refractivity contribution in [1.82, 2.24) is 4.90 Å². The summed E-state index contributed by atoms with van der Waals surface area (Å²) in [5.74, 6) is -0.643. The van der Waals surface area contributed by atoms with Gasteiger partial charge < -0.3 is 9.64 Å². The van der Waals surface area contributed by atoms with Crippen LogP contribution >= 0.6 is 22.9 Å². The summed E-state index contributed by atoms with van der Waals surface area (Å²) in [6.07, 6.45) is 7.11. The van der Waals surface area contributed by atoms with Gasteiger partial charge in [0.15, 0.2) is 6.61 Å². The maximum Gasteiger partial charge on any atom is 0.331 e. The molecule has 26 heavy (non-hydrogen) atoms. The van der Waals surface area contributed by atoms with Gasteiger partial charge in [-0.3, -0.25) is 4.79 Å². The van der Waals surface area contributed by atoms with Crippen LogP contribution in [0.1, 0.15) is 37.5 Å². The summed E-state index contributed by atoms with van der Waals surface area (Å²) in [5.41, 5.74) is 0. The maximum absolute atomic E-state index is 12.3.